The summed E-state index contributed by atoms with van der Waals surface area (Å²) < 4.78 is 12.7. The molecule has 5 heterocycles. The van der Waals surface area contributed by atoms with Gasteiger partial charge >= 0.3 is 0 Å². The van der Waals surface area contributed by atoms with Crippen LogP contribution in [0.4, 0.5) is 0 Å². The van der Waals surface area contributed by atoms with Crippen molar-refractivity contribution in [2.24, 2.45) is 0 Å². The van der Waals surface area contributed by atoms with Crippen LogP contribution in [0.3, 0.4) is 0 Å². The van der Waals surface area contributed by atoms with Crippen LogP contribution in [0.1, 0.15) is 23.4 Å². The van der Waals surface area contributed by atoms with E-state index in [4.69, 9.17) is 19.4 Å². The number of hydrogen-bond donors (Lipinski definition) is 2. The molecule has 6 nitrogen and oxygen atoms in total. The van der Waals surface area contributed by atoms with Crippen LogP contribution in [0.25, 0.3) is 78.7 Å². The maximum absolute atomic E-state index is 6.63. The predicted molar refractivity (Wildman–Crippen MR) is 202 cm³/mol. The lowest BCUT2D eigenvalue weighted by Gasteiger charge is -2.12. The molecule has 0 fully saturated rings. The zero-order valence-corrected chi connectivity index (χ0v) is 27.3. The van der Waals surface area contributed by atoms with Crippen molar-refractivity contribution in [2.45, 2.75) is 6.29 Å². The highest BCUT2D eigenvalue weighted by atomic mass is 16.7. The van der Waals surface area contributed by atoms with Crippen molar-refractivity contribution in [1.29, 1.82) is 0 Å². The Hall–Kier alpha value is -6.50. The highest BCUT2D eigenvalue weighted by Gasteiger charge is 2.29. The molecule has 1 atom stereocenters. The number of ether oxygens (including phenoxy) is 2. The van der Waals surface area contributed by atoms with Crippen molar-refractivity contribution in [3.05, 3.63) is 163 Å². The van der Waals surface area contributed by atoms with Gasteiger partial charge in [0.2, 0.25) is 12.2 Å². The summed E-state index contributed by atoms with van der Waals surface area (Å²) in [5, 5.41) is 0. The third-order valence-corrected chi connectivity index (χ3v) is 9.20. The Morgan fingerprint density at radius 1 is 0.460 bits per heavy atom. The second-order valence-corrected chi connectivity index (χ2v) is 12.2. The fourth-order valence-electron chi connectivity index (χ4n) is 6.95. The van der Waals surface area contributed by atoms with Crippen LogP contribution in [-0.4, -0.2) is 27.0 Å². The van der Waals surface area contributed by atoms with Crippen LogP contribution in [0.2, 0.25) is 0 Å². The molecule has 0 aliphatic carbocycles. The molecule has 2 aliphatic rings. The van der Waals surface area contributed by atoms with Crippen LogP contribution >= 0.6 is 0 Å². The van der Waals surface area contributed by atoms with Gasteiger partial charge in [0, 0.05) is 40.4 Å². The van der Waals surface area contributed by atoms with Crippen LogP contribution in [-0.2, 0) is 4.74 Å². The molecular formula is C44H32N4O2. The van der Waals surface area contributed by atoms with Gasteiger partial charge in [-0.25, -0.2) is 9.97 Å². The van der Waals surface area contributed by atoms with Crippen molar-refractivity contribution in [3.63, 3.8) is 0 Å². The molecule has 8 bridgehead atoms. The topological polar surface area (TPSA) is 75.8 Å². The number of fused-ring (bicyclic) bond motifs is 8. The molecule has 2 aliphatic heterocycles. The Balaban J connectivity index is 1.50. The van der Waals surface area contributed by atoms with Gasteiger partial charge in [-0.05, 0) is 58.7 Å². The summed E-state index contributed by atoms with van der Waals surface area (Å²) in [6, 6.07) is 49.7. The SMILES string of the molecule is COC1Oc2nc1c(-c1ccccc1)c1ccc([nH]1)c(-c1ccccc1)c1nc(c(-c3ccccc3)c3ccc([nH]3)c2-c2ccccc2)C=C1. The molecule has 0 saturated heterocycles. The maximum atomic E-state index is 6.63. The van der Waals surface area contributed by atoms with Crippen molar-refractivity contribution >= 4 is 34.2 Å². The predicted octanol–water partition coefficient (Wildman–Crippen LogP) is 10.9. The molecule has 2 N–H and O–H groups in total. The maximum Gasteiger partial charge on any atom is 0.246 e. The summed E-state index contributed by atoms with van der Waals surface area (Å²) in [6.07, 6.45) is 3.49. The number of benzene rings is 4. The van der Waals surface area contributed by atoms with Gasteiger partial charge in [0.15, 0.2) is 0 Å². The summed E-state index contributed by atoms with van der Waals surface area (Å²) in [5.74, 6) is 0.477. The van der Waals surface area contributed by atoms with Crippen molar-refractivity contribution in [2.75, 3.05) is 7.11 Å². The Kier molecular flexibility index (Phi) is 7.41. The largest absolute Gasteiger partial charge is 0.441 e. The van der Waals surface area contributed by atoms with E-state index in [1.807, 2.05) is 48.5 Å². The summed E-state index contributed by atoms with van der Waals surface area (Å²) >= 11 is 0. The molecule has 0 radical (unpaired) electrons. The quantitative estimate of drug-likeness (QED) is 0.195. The Morgan fingerprint density at radius 3 is 1.28 bits per heavy atom. The minimum absolute atomic E-state index is 0.477. The van der Waals surface area contributed by atoms with Gasteiger partial charge in [-0.2, -0.15) is 0 Å². The molecule has 0 amide bonds. The molecule has 50 heavy (non-hydrogen) atoms. The van der Waals surface area contributed by atoms with Crippen molar-refractivity contribution < 1.29 is 9.47 Å². The van der Waals surface area contributed by atoms with E-state index < -0.39 is 6.29 Å². The number of methoxy groups -OCH3 is 1. The molecule has 6 heteroatoms. The van der Waals surface area contributed by atoms with Gasteiger partial charge < -0.3 is 19.4 Å². The van der Waals surface area contributed by atoms with Gasteiger partial charge in [-0.1, -0.05) is 121 Å². The lowest BCUT2D eigenvalue weighted by Crippen LogP contribution is -2.06. The zero-order valence-electron chi connectivity index (χ0n) is 27.3. The smallest absolute Gasteiger partial charge is 0.246 e. The summed E-state index contributed by atoms with van der Waals surface area (Å²) in [4.78, 5) is 18.1. The average molecular weight is 649 g/mol. The lowest BCUT2D eigenvalue weighted by molar-refractivity contribution is -0.0464. The normalized spacial score (nSPS) is 13.7. The Bertz CT molecular complexity index is 2540. The number of aromatic amines is 2. The lowest BCUT2D eigenvalue weighted by atomic mass is 10.0. The molecule has 0 saturated carbocycles. The van der Waals surface area contributed by atoms with E-state index in [9.17, 15) is 0 Å². The highest BCUT2D eigenvalue weighted by Crippen LogP contribution is 2.42. The first-order valence-electron chi connectivity index (χ1n) is 16.6. The van der Waals surface area contributed by atoms with Crippen molar-refractivity contribution in [1.82, 2.24) is 19.9 Å². The summed E-state index contributed by atoms with van der Waals surface area (Å²) in [6.45, 7) is 0. The Labute approximate surface area is 289 Å². The number of nitrogens with one attached hydrogen (secondary N) is 2. The van der Waals surface area contributed by atoms with E-state index in [1.54, 1.807) is 7.11 Å². The molecule has 0 spiro atoms. The zero-order chi connectivity index (χ0) is 33.4. The molecule has 3 aromatic heterocycles. The first-order valence-corrected chi connectivity index (χ1v) is 16.6. The van der Waals surface area contributed by atoms with Gasteiger partial charge in [0.05, 0.1) is 22.5 Å². The van der Waals surface area contributed by atoms with Crippen molar-refractivity contribution in [3.8, 4) is 50.4 Å². The molecule has 1 unspecified atom stereocenters. The standard InChI is InChI=1S/C44H32N4O2/c1-49-44-42-40(30-18-10-4-11-19-30)36-26-24-34(46-36)38(28-14-6-2-7-15-28)32-22-23-33(45-32)39(29-16-8-3-9-17-29)35-25-27-37(47-35)41(43(48-42)50-44)31-20-12-5-13-21-31/h2-27,44,46-47H,1H3. The molecule has 7 aromatic rings. The first-order chi connectivity index (χ1) is 24.7. The van der Waals surface area contributed by atoms with Crippen LogP contribution in [0, 0.1) is 0 Å². The van der Waals surface area contributed by atoms with Crippen LogP contribution < -0.4 is 4.74 Å². The highest BCUT2D eigenvalue weighted by molar-refractivity contribution is 5.97. The van der Waals surface area contributed by atoms with Gasteiger partial charge in [-0.3, -0.25) is 0 Å². The van der Waals surface area contributed by atoms with Crippen LogP contribution in [0.15, 0.2) is 146 Å². The van der Waals surface area contributed by atoms with E-state index in [-0.39, 0.29) is 0 Å². The number of nitrogens with zero attached hydrogens (tertiary/aromatic N) is 2. The van der Waals surface area contributed by atoms with E-state index in [2.05, 4.69) is 119 Å². The summed E-state index contributed by atoms with van der Waals surface area (Å²) in [5.41, 5.74) is 13.9. The van der Waals surface area contributed by atoms with E-state index in [0.29, 0.717) is 11.6 Å². The van der Waals surface area contributed by atoms with Gasteiger partial charge in [-0.15, -0.1) is 0 Å². The third-order valence-electron chi connectivity index (χ3n) is 9.20. The average Bonchev–Trinajstić information content (AvgIpc) is 4.00. The monoisotopic (exact) mass is 648 g/mol. The third kappa shape index (κ3) is 5.19. The number of rotatable bonds is 5. The molecule has 9 rings (SSSR count). The minimum Gasteiger partial charge on any atom is -0.441 e. The number of hydrogen-bond acceptors (Lipinski definition) is 4. The minimum atomic E-state index is -0.737. The first kappa shape index (κ1) is 29.6. The Morgan fingerprint density at radius 2 is 0.840 bits per heavy atom. The number of H-pyrrole nitrogens is 2. The second-order valence-electron chi connectivity index (χ2n) is 12.2. The summed E-state index contributed by atoms with van der Waals surface area (Å²) in [7, 11) is 1.66. The molecule has 4 aromatic carbocycles. The van der Waals surface area contributed by atoms with Gasteiger partial charge in [0.1, 0.15) is 5.69 Å². The molecular weight excluding hydrogens is 617 g/mol. The van der Waals surface area contributed by atoms with Crippen LogP contribution in [0.5, 0.6) is 5.88 Å². The van der Waals surface area contributed by atoms with E-state index in [1.165, 1.54) is 0 Å². The number of aromatic nitrogens is 4. The van der Waals surface area contributed by atoms with E-state index in [0.717, 1.165) is 78.0 Å². The fourth-order valence-corrected chi connectivity index (χ4v) is 6.95. The molecule has 240 valence electrons. The van der Waals surface area contributed by atoms with E-state index >= 15 is 0 Å². The van der Waals surface area contributed by atoms with Gasteiger partial charge in [0.25, 0.3) is 0 Å². The fraction of sp³-hybridized carbons (Fsp3) is 0.0455. The second kappa shape index (κ2) is 12.5.